The number of halogens is 3. The van der Waals surface area contributed by atoms with E-state index < -0.39 is 12.6 Å². The van der Waals surface area contributed by atoms with Crippen LogP contribution in [0, 0.1) is 0 Å². The predicted molar refractivity (Wildman–Crippen MR) is 61.5 cm³/mol. The highest BCUT2D eigenvalue weighted by molar-refractivity contribution is 4.67. The minimum absolute atomic E-state index is 0.243. The molecule has 0 aromatic heterocycles. The third kappa shape index (κ3) is 10.3. The Morgan fingerprint density at radius 2 is 1.62 bits per heavy atom. The molecular formula is C12H24F3N. The molecule has 1 N–H and O–H groups in total. The molecule has 0 spiro atoms. The quantitative estimate of drug-likeness (QED) is 0.592. The standard InChI is InChI=1S/C12H24F3N/c1-3-5-6-8-11(16-4-2)9-7-10-12(13,14)15/h11,16H,3-10H2,1-2H3. The molecule has 0 heterocycles. The second kappa shape index (κ2) is 8.85. The molecule has 0 radical (unpaired) electrons. The summed E-state index contributed by atoms with van der Waals surface area (Å²) in [4.78, 5) is 0. The van der Waals surface area contributed by atoms with E-state index in [1.807, 2.05) is 6.92 Å². The Morgan fingerprint density at radius 3 is 2.12 bits per heavy atom. The Bertz CT molecular complexity index is 157. The molecule has 0 aliphatic carbocycles. The van der Waals surface area contributed by atoms with Gasteiger partial charge in [0.1, 0.15) is 0 Å². The van der Waals surface area contributed by atoms with Crippen molar-refractivity contribution in [2.24, 2.45) is 0 Å². The molecule has 0 saturated heterocycles. The van der Waals surface area contributed by atoms with Crippen LogP contribution in [-0.2, 0) is 0 Å². The lowest BCUT2D eigenvalue weighted by atomic mass is 10.0. The summed E-state index contributed by atoms with van der Waals surface area (Å²) in [6, 6.07) is 0.263. The topological polar surface area (TPSA) is 12.0 Å². The van der Waals surface area contributed by atoms with Gasteiger partial charge in [0.15, 0.2) is 0 Å². The fourth-order valence-electron chi connectivity index (χ4n) is 1.83. The minimum Gasteiger partial charge on any atom is -0.314 e. The first-order valence-electron chi connectivity index (χ1n) is 6.29. The van der Waals surface area contributed by atoms with Gasteiger partial charge in [-0.25, -0.2) is 0 Å². The van der Waals surface area contributed by atoms with Crippen molar-refractivity contribution in [1.29, 1.82) is 0 Å². The lowest BCUT2D eigenvalue weighted by molar-refractivity contribution is -0.135. The van der Waals surface area contributed by atoms with Crippen molar-refractivity contribution >= 4 is 0 Å². The molecule has 0 aliphatic heterocycles. The van der Waals surface area contributed by atoms with Gasteiger partial charge in [-0.3, -0.25) is 0 Å². The number of hydrogen-bond donors (Lipinski definition) is 1. The van der Waals surface area contributed by atoms with Crippen molar-refractivity contribution in [3.8, 4) is 0 Å². The fraction of sp³-hybridized carbons (Fsp3) is 1.00. The summed E-state index contributed by atoms with van der Waals surface area (Å²) in [6.07, 6.45) is 0.662. The smallest absolute Gasteiger partial charge is 0.314 e. The third-order valence-electron chi connectivity index (χ3n) is 2.66. The van der Waals surface area contributed by atoms with Crippen LogP contribution in [0.2, 0.25) is 0 Å². The number of alkyl halides is 3. The molecule has 0 saturated carbocycles. The van der Waals surface area contributed by atoms with Gasteiger partial charge in [-0.05, 0) is 25.8 Å². The zero-order chi connectivity index (χ0) is 12.4. The fourth-order valence-corrected chi connectivity index (χ4v) is 1.83. The molecule has 0 amide bonds. The zero-order valence-corrected chi connectivity index (χ0v) is 10.4. The summed E-state index contributed by atoms with van der Waals surface area (Å²) in [5.41, 5.74) is 0. The van der Waals surface area contributed by atoms with Crippen molar-refractivity contribution < 1.29 is 13.2 Å². The summed E-state index contributed by atoms with van der Waals surface area (Å²) in [7, 11) is 0. The molecule has 16 heavy (non-hydrogen) atoms. The molecule has 1 unspecified atom stereocenters. The monoisotopic (exact) mass is 239 g/mol. The summed E-state index contributed by atoms with van der Waals surface area (Å²) >= 11 is 0. The molecule has 98 valence electrons. The Morgan fingerprint density at radius 1 is 1.00 bits per heavy atom. The summed E-state index contributed by atoms with van der Waals surface area (Å²) < 4.78 is 35.9. The van der Waals surface area contributed by atoms with Crippen molar-refractivity contribution in [1.82, 2.24) is 5.32 Å². The first-order chi connectivity index (χ1) is 7.49. The molecule has 1 atom stereocenters. The van der Waals surface area contributed by atoms with Crippen molar-refractivity contribution in [2.75, 3.05) is 6.54 Å². The van der Waals surface area contributed by atoms with Crippen LogP contribution >= 0.6 is 0 Å². The number of unbranched alkanes of at least 4 members (excludes halogenated alkanes) is 2. The van der Waals surface area contributed by atoms with E-state index in [9.17, 15) is 13.2 Å². The van der Waals surface area contributed by atoms with Gasteiger partial charge in [0, 0.05) is 12.5 Å². The van der Waals surface area contributed by atoms with Gasteiger partial charge in [0.25, 0.3) is 0 Å². The van der Waals surface area contributed by atoms with Crippen LogP contribution < -0.4 is 5.32 Å². The van der Waals surface area contributed by atoms with Crippen LogP contribution in [0.25, 0.3) is 0 Å². The van der Waals surface area contributed by atoms with E-state index in [0.29, 0.717) is 6.42 Å². The van der Waals surface area contributed by atoms with E-state index >= 15 is 0 Å². The van der Waals surface area contributed by atoms with E-state index in [4.69, 9.17) is 0 Å². The van der Waals surface area contributed by atoms with E-state index in [1.54, 1.807) is 0 Å². The van der Waals surface area contributed by atoms with Crippen LogP contribution in [0.3, 0.4) is 0 Å². The molecule has 0 aliphatic rings. The minimum atomic E-state index is -4.00. The normalized spacial score (nSPS) is 14.1. The van der Waals surface area contributed by atoms with E-state index in [-0.39, 0.29) is 12.5 Å². The van der Waals surface area contributed by atoms with Gasteiger partial charge in [0.05, 0.1) is 0 Å². The highest BCUT2D eigenvalue weighted by Crippen LogP contribution is 2.23. The highest BCUT2D eigenvalue weighted by Gasteiger charge is 2.26. The average Bonchev–Trinajstić information content (AvgIpc) is 2.16. The maximum absolute atomic E-state index is 12.0. The molecule has 0 aromatic carbocycles. The van der Waals surface area contributed by atoms with E-state index in [0.717, 1.165) is 25.8 Å². The maximum Gasteiger partial charge on any atom is 0.389 e. The van der Waals surface area contributed by atoms with Gasteiger partial charge in [-0.15, -0.1) is 0 Å². The van der Waals surface area contributed by atoms with Gasteiger partial charge < -0.3 is 5.32 Å². The van der Waals surface area contributed by atoms with Crippen LogP contribution in [0.1, 0.15) is 58.8 Å². The molecule has 4 heteroatoms. The lowest BCUT2D eigenvalue weighted by Crippen LogP contribution is -2.29. The van der Waals surface area contributed by atoms with Gasteiger partial charge in [-0.2, -0.15) is 13.2 Å². The van der Waals surface area contributed by atoms with Gasteiger partial charge in [-0.1, -0.05) is 33.1 Å². The first kappa shape index (κ1) is 15.8. The van der Waals surface area contributed by atoms with E-state index in [2.05, 4.69) is 12.2 Å². The Hall–Kier alpha value is -0.250. The largest absolute Gasteiger partial charge is 0.389 e. The van der Waals surface area contributed by atoms with Crippen molar-refractivity contribution in [3.05, 3.63) is 0 Å². The average molecular weight is 239 g/mol. The molecular weight excluding hydrogens is 215 g/mol. The summed E-state index contributed by atoms with van der Waals surface area (Å²) in [5, 5.41) is 3.26. The van der Waals surface area contributed by atoms with Crippen LogP contribution in [0.5, 0.6) is 0 Å². The highest BCUT2D eigenvalue weighted by atomic mass is 19.4. The maximum atomic E-state index is 12.0. The Kier molecular flexibility index (Phi) is 8.71. The first-order valence-corrected chi connectivity index (χ1v) is 6.29. The number of hydrogen-bond acceptors (Lipinski definition) is 1. The van der Waals surface area contributed by atoms with Crippen molar-refractivity contribution in [3.63, 3.8) is 0 Å². The molecule has 1 nitrogen and oxygen atoms in total. The molecule has 0 fully saturated rings. The van der Waals surface area contributed by atoms with Crippen LogP contribution in [0.4, 0.5) is 13.2 Å². The molecule has 0 bridgehead atoms. The third-order valence-corrected chi connectivity index (χ3v) is 2.66. The second-order valence-corrected chi connectivity index (χ2v) is 4.26. The number of nitrogens with one attached hydrogen (secondary N) is 1. The van der Waals surface area contributed by atoms with Gasteiger partial charge >= 0.3 is 6.18 Å². The number of rotatable bonds is 9. The van der Waals surface area contributed by atoms with Crippen LogP contribution in [-0.4, -0.2) is 18.8 Å². The van der Waals surface area contributed by atoms with Crippen molar-refractivity contribution in [2.45, 2.75) is 71.0 Å². The van der Waals surface area contributed by atoms with Gasteiger partial charge in [0.2, 0.25) is 0 Å². The predicted octanol–water partition coefficient (Wildman–Crippen LogP) is 4.28. The SMILES string of the molecule is CCCCCC(CCCC(F)(F)F)NCC. The zero-order valence-electron chi connectivity index (χ0n) is 10.4. The molecule has 0 aromatic rings. The summed E-state index contributed by atoms with van der Waals surface area (Å²) in [5.74, 6) is 0. The second-order valence-electron chi connectivity index (χ2n) is 4.26. The lowest BCUT2D eigenvalue weighted by Gasteiger charge is -2.18. The van der Waals surface area contributed by atoms with Crippen LogP contribution in [0.15, 0.2) is 0 Å². The Labute approximate surface area is 96.8 Å². The molecule has 0 rings (SSSR count). The van der Waals surface area contributed by atoms with E-state index in [1.165, 1.54) is 6.42 Å². The Balaban J connectivity index is 3.67. The summed E-state index contributed by atoms with van der Waals surface area (Å²) in [6.45, 7) is 4.96.